The van der Waals surface area contributed by atoms with Gasteiger partial charge in [0.25, 0.3) is 10.0 Å². The molecule has 8 heteroatoms. The summed E-state index contributed by atoms with van der Waals surface area (Å²) in [5, 5.41) is 2.39. The van der Waals surface area contributed by atoms with Crippen LogP contribution in [0.5, 0.6) is 0 Å². The Balaban J connectivity index is 2.08. The number of carbonyl (C=O) groups is 1. The molecule has 0 aliphatic rings. The van der Waals surface area contributed by atoms with Crippen LogP contribution in [0.4, 0.5) is 0 Å². The zero-order chi connectivity index (χ0) is 14.6. The van der Waals surface area contributed by atoms with Gasteiger partial charge in [0.05, 0.1) is 17.6 Å². The SMILES string of the molecule is CCCNC(=O)CNS(=O)(=O)c1nc2ccccc2[nH]1. The van der Waals surface area contributed by atoms with Crippen LogP contribution in [0, 0.1) is 0 Å². The Kier molecular flexibility index (Phi) is 4.35. The Morgan fingerprint density at radius 2 is 2.10 bits per heavy atom. The lowest BCUT2D eigenvalue weighted by Gasteiger charge is -2.04. The summed E-state index contributed by atoms with van der Waals surface area (Å²) in [4.78, 5) is 18.1. The fourth-order valence-corrected chi connectivity index (χ4v) is 2.53. The molecule has 0 saturated heterocycles. The van der Waals surface area contributed by atoms with Crippen molar-refractivity contribution in [2.45, 2.75) is 18.5 Å². The van der Waals surface area contributed by atoms with Gasteiger partial charge in [-0.2, -0.15) is 4.72 Å². The van der Waals surface area contributed by atoms with E-state index in [0.29, 0.717) is 17.6 Å². The lowest BCUT2D eigenvalue weighted by atomic mass is 10.3. The largest absolute Gasteiger partial charge is 0.355 e. The number of amides is 1. The summed E-state index contributed by atoms with van der Waals surface area (Å²) in [5.74, 6) is -0.369. The number of rotatable bonds is 6. The average molecular weight is 296 g/mol. The molecule has 1 aromatic carbocycles. The van der Waals surface area contributed by atoms with Crippen molar-refractivity contribution in [1.29, 1.82) is 0 Å². The van der Waals surface area contributed by atoms with Gasteiger partial charge in [-0.3, -0.25) is 4.79 Å². The van der Waals surface area contributed by atoms with E-state index in [-0.39, 0.29) is 17.6 Å². The van der Waals surface area contributed by atoms with E-state index in [2.05, 4.69) is 20.0 Å². The molecule has 3 N–H and O–H groups in total. The van der Waals surface area contributed by atoms with E-state index in [4.69, 9.17) is 0 Å². The van der Waals surface area contributed by atoms with Crippen LogP contribution in [-0.4, -0.2) is 37.4 Å². The standard InChI is InChI=1S/C12H16N4O3S/c1-2-7-13-11(17)8-14-20(18,19)12-15-9-5-3-4-6-10(9)16-12/h3-6,14H,2,7-8H2,1H3,(H,13,17)(H,15,16). The van der Waals surface area contributed by atoms with Crippen molar-refractivity contribution in [3.05, 3.63) is 24.3 Å². The molecule has 2 rings (SSSR count). The first-order valence-corrected chi connectivity index (χ1v) is 7.72. The Hall–Kier alpha value is -1.93. The third-order valence-corrected chi connectivity index (χ3v) is 3.84. The molecule has 0 aliphatic heterocycles. The smallest absolute Gasteiger partial charge is 0.274 e. The van der Waals surface area contributed by atoms with E-state index in [0.717, 1.165) is 6.42 Å². The Labute approximate surface area is 116 Å². The van der Waals surface area contributed by atoms with Crippen LogP contribution in [0.15, 0.2) is 29.4 Å². The first-order chi connectivity index (χ1) is 9.53. The normalized spacial score (nSPS) is 11.7. The minimum Gasteiger partial charge on any atom is -0.355 e. The summed E-state index contributed by atoms with van der Waals surface area (Å²) in [6.45, 7) is 2.13. The molecular formula is C12H16N4O3S. The monoisotopic (exact) mass is 296 g/mol. The third-order valence-electron chi connectivity index (χ3n) is 2.62. The molecule has 20 heavy (non-hydrogen) atoms. The quantitative estimate of drug-likeness (QED) is 0.716. The predicted molar refractivity (Wildman–Crippen MR) is 74.6 cm³/mol. The van der Waals surface area contributed by atoms with Crippen LogP contribution < -0.4 is 10.0 Å². The van der Waals surface area contributed by atoms with Crippen LogP contribution in [0.25, 0.3) is 11.0 Å². The molecule has 0 radical (unpaired) electrons. The number of para-hydroxylation sites is 2. The van der Waals surface area contributed by atoms with Gasteiger partial charge in [0.15, 0.2) is 0 Å². The molecule has 1 amide bonds. The summed E-state index contributed by atoms with van der Waals surface area (Å²) < 4.78 is 26.2. The van der Waals surface area contributed by atoms with Crippen LogP contribution in [0.2, 0.25) is 0 Å². The molecule has 7 nitrogen and oxygen atoms in total. The van der Waals surface area contributed by atoms with Crippen molar-refractivity contribution in [2.24, 2.45) is 0 Å². The van der Waals surface area contributed by atoms with Gasteiger partial charge in [-0.1, -0.05) is 19.1 Å². The van der Waals surface area contributed by atoms with Crippen molar-refractivity contribution in [2.75, 3.05) is 13.1 Å². The summed E-state index contributed by atoms with van der Waals surface area (Å²) in [7, 11) is -3.82. The molecular weight excluding hydrogens is 280 g/mol. The number of nitrogens with one attached hydrogen (secondary N) is 3. The zero-order valence-electron chi connectivity index (χ0n) is 11.0. The third kappa shape index (κ3) is 3.34. The fraction of sp³-hybridized carbons (Fsp3) is 0.333. The van der Waals surface area contributed by atoms with Crippen molar-refractivity contribution in [3.8, 4) is 0 Å². The second-order valence-electron chi connectivity index (χ2n) is 4.23. The van der Waals surface area contributed by atoms with E-state index in [1.54, 1.807) is 24.3 Å². The maximum absolute atomic E-state index is 12.0. The second-order valence-corrected chi connectivity index (χ2v) is 5.92. The van der Waals surface area contributed by atoms with E-state index < -0.39 is 10.0 Å². The number of nitrogens with zero attached hydrogens (tertiary/aromatic N) is 1. The summed E-state index contributed by atoms with van der Waals surface area (Å²) in [6.07, 6.45) is 0.794. The maximum Gasteiger partial charge on any atom is 0.274 e. The molecule has 0 unspecified atom stereocenters. The maximum atomic E-state index is 12.0. The summed E-state index contributed by atoms with van der Waals surface area (Å²) in [5.41, 5.74) is 1.19. The molecule has 108 valence electrons. The number of imidazole rings is 1. The Bertz CT molecular complexity index is 675. The second kappa shape index (κ2) is 6.02. The molecule has 0 aliphatic carbocycles. The number of sulfonamides is 1. The number of carbonyl (C=O) groups excluding carboxylic acids is 1. The van der Waals surface area contributed by atoms with Crippen molar-refractivity contribution in [1.82, 2.24) is 20.0 Å². The Morgan fingerprint density at radius 3 is 2.80 bits per heavy atom. The fourth-order valence-electron chi connectivity index (χ4n) is 1.61. The molecule has 0 fully saturated rings. The van der Waals surface area contributed by atoms with Gasteiger partial charge in [0.2, 0.25) is 11.1 Å². The number of H-pyrrole nitrogens is 1. The number of aromatic nitrogens is 2. The van der Waals surface area contributed by atoms with Crippen molar-refractivity contribution in [3.63, 3.8) is 0 Å². The van der Waals surface area contributed by atoms with E-state index in [1.807, 2.05) is 6.92 Å². The molecule has 1 heterocycles. The zero-order valence-corrected chi connectivity index (χ0v) is 11.8. The molecule has 2 aromatic rings. The first kappa shape index (κ1) is 14.5. The molecule has 0 atom stereocenters. The van der Waals surface area contributed by atoms with Gasteiger partial charge in [-0.15, -0.1) is 0 Å². The van der Waals surface area contributed by atoms with Gasteiger partial charge in [0.1, 0.15) is 0 Å². The minimum absolute atomic E-state index is 0.193. The van der Waals surface area contributed by atoms with E-state index >= 15 is 0 Å². The number of benzene rings is 1. The van der Waals surface area contributed by atoms with Gasteiger partial charge in [-0.25, -0.2) is 13.4 Å². The topological polar surface area (TPSA) is 104 Å². The molecule has 0 saturated carbocycles. The molecule has 0 bridgehead atoms. The van der Waals surface area contributed by atoms with Crippen LogP contribution in [0.3, 0.4) is 0 Å². The lowest BCUT2D eigenvalue weighted by molar-refractivity contribution is -0.119. The number of hydrogen-bond acceptors (Lipinski definition) is 4. The number of aromatic amines is 1. The molecule has 1 aromatic heterocycles. The van der Waals surface area contributed by atoms with Gasteiger partial charge >= 0.3 is 0 Å². The predicted octanol–water partition coefficient (Wildman–Crippen LogP) is 0.367. The number of fused-ring (bicyclic) bond motifs is 1. The first-order valence-electron chi connectivity index (χ1n) is 6.24. The highest BCUT2D eigenvalue weighted by molar-refractivity contribution is 7.89. The van der Waals surface area contributed by atoms with Gasteiger partial charge in [-0.05, 0) is 18.6 Å². The van der Waals surface area contributed by atoms with E-state index in [9.17, 15) is 13.2 Å². The van der Waals surface area contributed by atoms with E-state index in [1.165, 1.54) is 0 Å². The lowest BCUT2D eigenvalue weighted by Crippen LogP contribution is -2.37. The van der Waals surface area contributed by atoms with Crippen LogP contribution >= 0.6 is 0 Å². The molecule has 0 spiro atoms. The highest BCUT2D eigenvalue weighted by Gasteiger charge is 2.19. The van der Waals surface area contributed by atoms with Crippen molar-refractivity contribution >= 4 is 27.0 Å². The average Bonchev–Trinajstić information content (AvgIpc) is 2.87. The van der Waals surface area contributed by atoms with Crippen LogP contribution in [0.1, 0.15) is 13.3 Å². The van der Waals surface area contributed by atoms with Crippen LogP contribution in [-0.2, 0) is 14.8 Å². The summed E-state index contributed by atoms with van der Waals surface area (Å²) in [6, 6.07) is 6.99. The minimum atomic E-state index is -3.82. The van der Waals surface area contributed by atoms with Crippen molar-refractivity contribution < 1.29 is 13.2 Å². The highest BCUT2D eigenvalue weighted by Crippen LogP contribution is 2.13. The Morgan fingerprint density at radius 1 is 1.35 bits per heavy atom. The summed E-state index contributed by atoms with van der Waals surface area (Å²) >= 11 is 0. The van der Waals surface area contributed by atoms with Gasteiger partial charge < -0.3 is 10.3 Å². The highest BCUT2D eigenvalue weighted by atomic mass is 32.2. The number of hydrogen-bond donors (Lipinski definition) is 3. The van der Waals surface area contributed by atoms with Gasteiger partial charge in [0, 0.05) is 6.54 Å².